The summed E-state index contributed by atoms with van der Waals surface area (Å²) in [4.78, 5) is 30.2. The van der Waals surface area contributed by atoms with Crippen molar-refractivity contribution < 1.29 is 14.7 Å². The Morgan fingerprint density at radius 2 is 2.10 bits per heavy atom. The highest BCUT2D eigenvalue weighted by atomic mass is 16.4. The summed E-state index contributed by atoms with van der Waals surface area (Å²) in [6, 6.07) is 0. The van der Waals surface area contributed by atoms with E-state index in [1.807, 2.05) is 13.8 Å². The molecule has 1 heterocycles. The summed E-state index contributed by atoms with van der Waals surface area (Å²) in [5.74, 6) is -0.349. The fourth-order valence-electron chi connectivity index (χ4n) is 1.46. The number of hydrogen-bond acceptors (Lipinski definition) is 5. The molecule has 7 nitrogen and oxygen atoms in total. The van der Waals surface area contributed by atoms with Crippen LogP contribution < -0.4 is 10.6 Å². The fourth-order valence-corrected chi connectivity index (χ4v) is 1.46. The van der Waals surface area contributed by atoms with Crippen molar-refractivity contribution >= 4 is 17.8 Å². The highest BCUT2D eigenvalue weighted by Crippen LogP contribution is 2.06. The van der Waals surface area contributed by atoms with Gasteiger partial charge in [-0.05, 0) is 12.8 Å². The van der Waals surface area contributed by atoms with Crippen LogP contribution in [0.4, 0.5) is 5.95 Å². The van der Waals surface area contributed by atoms with Gasteiger partial charge in [0.2, 0.25) is 11.9 Å². The molecule has 0 atom stereocenters. The van der Waals surface area contributed by atoms with E-state index in [0.29, 0.717) is 37.1 Å². The molecule has 0 aromatic carbocycles. The van der Waals surface area contributed by atoms with Crippen molar-refractivity contribution in [2.24, 2.45) is 5.92 Å². The van der Waals surface area contributed by atoms with Gasteiger partial charge < -0.3 is 15.7 Å². The summed E-state index contributed by atoms with van der Waals surface area (Å²) in [6.45, 7) is 6.71. The Hall–Kier alpha value is -2.18. The van der Waals surface area contributed by atoms with Crippen LogP contribution in [0.3, 0.4) is 0 Å². The molecular weight excluding hydrogens is 260 g/mol. The number of carbonyl (C=O) groups excluding carboxylic acids is 1. The molecule has 0 fully saturated rings. The van der Waals surface area contributed by atoms with Crippen molar-refractivity contribution in [2.75, 3.05) is 18.4 Å². The van der Waals surface area contributed by atoms with Crippen LogP contribution in [0.5, 0.6) is 0 Å². The van der Waals surface area contributed by atoms with E-state index in [-0.39, 0.29) is 11.5 Å². The van der Waals surface area contributed by atoms with Crippen molar-refractivity contribution in [3.05, 3.63) is 17.5 Å². The maximum Gasteiger partial charge on any atom is 0.339 e. The quantitative estimate of drug-likeness (QED) is 0.690. The molecule has 0 saturated heterocycles. The van der Waals surface area contributed by atoms with E-state index in [0.717, 1.165) is 0 Å². The number of aromatic carboxylic acids is 1. The largest absolute Gasteiger partial charge is 0.478 e. The van der Waals surface area contributed by atoms with Crippen LogP contribution in [0.15, 0.2) is 6.20 Å². The summed E-state index contributed by atoms with van der Waals surface area (Å²) < 4.78 is 0. The Kier molecular flexibility index (Phi) is 5.89. The third-order valence-electron chi connectivity index (χ3n) is 2.55. The molecule has 3 N–H and O–H groups in total. The lowest BCUT2D eigenvalue weighted by Crippen LogP contribution is -2.28. The lowest BCUT2D eigenvalue weighted by molar-refractivity contribution is -0.120. The van der Waals surface area contributed by atoms with E-state index in [4.69, 9.17) is 5.11 Å². The van der Waals surface area contributed by atoms with Crippen LogP contribution in [0.1, 0.15) is 36.3 Å². The van der Waals surface area contributed by atoms with Crippen molar-refractivity contribution in [2.45, 2.75) is 27.2 Å². The van der Waals surface area contributed by atoms with Crippen LogP contribution in [-0.2, 0) is 4.79 Å². The standard InChI is InChI=1S/C13H20N4O3/c1-8(2)6-15-11(18)4-5-14-13-16-7-10(12(19)20)9(3)17-13/h7-8H,4-6H2,1-3H3,(H,15,18)(H,19,20)(H,14,16,17). The second kappa shape index (κ2) is 7.42. The lowest BCUT2D eigenvalue weighted by Gasteiger charge is -2.09. The number of nitrogens with one attached hydrogen (secondary N) is 2. The molecule has 0 aliphatic rings. The third-order valence-corrected chi connectivity index (χ3v) is 2.55. The second-order valence-corrected chi connectivity index (χ2v) is 4.87. The number of nitrogens with zero attached hydrogens (tertiary/aromatic N) is 2. The van der Waals surface area contributed by atoms with Crippen LogP contribution in [0.25, 0.3) is 0 Å². The molecule has 7 heteroatoms. The molecular formula is C13H20N4O3. The molecule has 0 spiro atoms. The van der Waals surface area contributed by atoms with Crippen LogP contribution in [-0.4, -0.2) is 40.0 Å². The van der Waals surface area contributed by atoms with E-state index in [2.05, 4.69) is 20.6 Å². The van der Waals surface area contributed by atoms with Crippen LogP contribution >= 0.6 is 0 Å². The maximum atomic E-state index is 11.5. The Morgan fingerprint density at radius 1 is 1.40 bits per heavy atom. The van der Waals surface area contributed by atoms with Crippen LogP contribution in [0, 0.1) is 12.8 Å². The first-order chi connectivity index (χ1) is 9.40. The van der Waals surface area contributed by atoms with E-state index in [9.17, 15) is 9.59 Å². The van der Waals surface area contributed by atoms with Crippen LogP contribution in [0.2, 0.25) is 0 Å². The van der Waals surface area contributed by atoms with Gasteiger partial charge in [0.15, 0.2) is 0 Å². The molecule has 1 rings (SSSR count). The van der Waals surface area contributed by atoms with Gasteiger partial charge in [-0.25, -0.2) is 14.8 Å². The minimum absolute atomic E-state index is 0.0370. The number of anilines is 1. The van der Waals surface area contributed by atoms with E-state index < -0.39 is 5.97 Å². The van der Waals surface area contributed by atoms with Gasteiger partial charge in [0.1, 0.15) is 0 Å². The van der Waals surface area contributed by atoms with E-state index in [1.54, 1.807) is 6.92 Å². The number of carboxylic acid groups (broad SMARTS) is 1. The molecule has 1 aromatic rings. The molecule has 1 aromatic heterocycles. The van der Waals surface area contributed by atoms with Gasteiger partial charge in [0, 0.05) is 25.7 Å². The van der Waals surface area contributed by atoms with Gasteiger partial charge in [-0.15, -0.1) is 0 Å². The number of amides is 1. The third kappa shape index (κ3) is 5.21. The predicted octanol–water partition coefficient (Wildman–Crippen LogP) is 1.06. The van der Waals surface area contributed by atoms with E-state index in [1.165, 1.54) is 6.20 Å². The van der Waals surface area contributed by atoms with Gasteiger partial charge in [0.25, 0.3) is 0 Å². The Bertz CT molecular complexity index is 489. The summed E-state index contributed by atoms with van der Waals surface area (Å²) in [6.07, 6.45) is 1.57. The predicted molar refractivity (Wildman–Crippen MR) is 74.7 cm³/mol. The average Bonchev–Trinajstić information content (AvgIpc) is 2.36. The van der Waals surface area contributed by atoms with Gasteiger partial charge in [-0.1, -0.05) is 13.8 Å². The number of aryl methyl sites for hydroxylation is 1. The number of carboxylic acids is 1. The summed E-state index contributed by atoms with van der Waals surface area (Å²) in [5.41, 5.74) is 0.462. The molecule has 20 heavy (non-hydrogen) atoms. The number of hydrogen-bond donors (Lipinski definition) is 3. The summed E-state index contributed by atoms with van der Waals surface area (Å²) >= 11 is 0. The van der Waals surface area contributed by atoms with Gasteiger partial charge in [-0.3, -0.25) is 4.79 Å². The average molecular weight is 280 g/mol. The molecule has 110 valence electrons. The number of aromatic nitrogens is 2. The van der Waals surface area contributed by atoms with Gasteiger partial charge >= 0.3 is 5.97 Å². The van der Waals surface area contributed by atoms with Crippen molar-refractivity contribution in [3.8, 4) is 0 Å². The molecule has 0 radical (unpaired) electrons. The summed E-state index contributed by atoms with van der Waals surface area (Å²) in [5, 5.41) is 14.6. The number of carbonyl (C=O) groups is 2. The smallest absolute Gasteiger partial charge is 0.339 e. The first-order valence-electron chi connectivity index (χ1n) is 6.47. The molecule has 0 saturated carbocycles. The topological polar surface area (TPSA) is 104 Å². The monoisotopic (exact) mass is 280 g/mol. The zero-order chi connectivity index (χ0) is 15.1. The summed E-state index contributed by atoms with van der Waals surface area (Å²) in [7, 11) is 0. The molecule has 0 aliphatic carbocycles. The van der Waals surface area contributed by atoms with Crippen molar-refractivity contribution in [1.82, 2.24) is 15.3 Å². The van der Waals surface area contributed by atoms with Crippen molar-refractivity contribution in [1.29, 1.82) is 0 Å². The SMILES string of the molecule is Cc1nc(NCCC(=O)NCC(C)C)ncc1C(=O)O. The lowest BCUT2D eigenvalue weighted by atomic mass is 10.2. The zero-order valence-corrected chi connectivity index (χ0v) is 11.9. The van der Waals surface area contributed by atoms with E-state index >= 15 is 0 Å². The fraction of sp³-hybridized carbons (Fsp3) is 0.538. The maximum absolute atomic E-state index is 11.5. The highest BCUT2D eigenvalue weighted by Gasteiger charge is 2.10. The molecule has 0 unspecified atom stereocenters. The Labute approximate surface area is 117 Å². The van der Waals surface area contributed by atoms with Crippen molar-refractivity contribution in [3.63, 3.8) is 0 Å². The highest BCUT2D eigenvalue weighted by molar-refractivity contribution is 5.88. The Balaban J connectivity index is 2.41. The number of rotatable bonds is 7. The molecule has 0 bridgehead atoms. The first-order valence-corrected chi connectivity index (χ1v) is 6.47. The van der Waals surface area contributed by atoms with Gasteiger partial charge in [0.05, 0.1) is 11.3 Å². The Morgan fingerprint density at radius 3 is 2.65 bits per heavy atom. The normalized spacial score (nSPS) is 10.4. The molecule has 0 aliphatic heterocycles. The van der Waals surface area contributed by atoms with Gasteiger partial charge in [-0.2, -0.15) is 0 Å². The first kappa shape index (κ1) is 15.9. The minimum Gasteiger partial charge on any atom is -0.478 e. The minimum atomic E-state index is -1.05. The zero-order valence-electron chi connectivity index (χ0n) is 11.9. The molecule has 1 amide bonds. The second-order valence-electron chi connectivity index (χ2n) is 4.87.